The van der Waals surface area contributed by atoms with E-state index in [1.807, 2.05) is 96.8 Å². The molecule has 0 fully saturated rings. The quantitative estimate of drug-likeness (QED) is 0.388. The highest BCUT2D eigenvalue weighted by molar-refractivity contribution is 5.97. The number of nitriles is 1. The van der Waals surface area contributed by atoms with Crippen molar-refractivity contribution in [1.29, 1.82) is 5.26 Å². The second kappa shape index (κ2) is 11.4. The van der Waals surface area contributed by atoms with E-state index in [0.717, 1.165) is 22.4 Å². The van der Waals surface area contributed by atoms with Gasteiger partial charge in [-0.2, -0.15) is 5.26 Å². The second-order valence-corrected chi connectivity index (χ2v) is 7.50. The van der Waals surface area contributed by atoms with E-state index in [2.05, 4.69) is 11.4 Å². The Balaban J connectivity index is 1.77. The minimum atomic E-state index is -0.401. The number of nitrogens with zero attached hydrogens (tertiary/aromatic N) is 2. The van der Waals surface area contributed by atoms with E-state index in [0.29, 0.717) is 13.1 Å². The second-order valence-electron chi connectivity index (χ2n) is 7.50. The van der Waals surface area contributed by atoms with Gasteiger partial charge in [0.1, 0.15) is 17.4 Å². The summed E-state index contributed by atoms with van der Waals surface area (Å²) in [6, 6.07) is 29.3. The molecule has 0 saturated carbocycles. The van der Waals surface area contributed by atoms with Crippen molar-refractivity contribution in [2.45, 2.75) is 26.1 Å². The van der Waals surface area contributed by atoms with E-state index in [9.17, 15) is 10.1 Å². The Morgan fingerprint density at radius 2 is 1.50 bits per heavy atom. The molecule has 0 bridgehead atoms. The molecule has 32 heavy (non-hydrogen) atoms. The van der Waals surface area contributed by atoms with Gasteiger partial charge in [-0.1, -0.05) is 72.8 Å². The standard InChI is InChI=1S/C27H27N3O2/c1-21(24-13-15-26(32-2)16-14-24)29-27(31)25(17-28)20-30(18-22-9-5-3-6-10-22)19-23-11-7-4-8-12-23/h3-16,20-21H,18-19H2,1-2H3,(H,29,31)/b25-20-. The van der Waals surface area contributed by atoms with Crippen LogP contribution in [0, 0.1) is 11.3 Å². The molecule has 0 aliphatic rings. The molecule has 0 aliphatic heterocycles. The summed E-state index contributed by atoms with van der Waals surface area (Å²) < 4.78 is 5.18. The number of nitrogens with one attached hydrogen (secondary N) is 1. The highest BCUT2D eigenvalue weighted by Gasteiger charge is 2.16. The van der Waals surface area contributed by atoms with E-state index in [-0.39, 0.29) is 11.6 Å². The lowest BCUT2D eigenvalue weighted by atomic mass is 10.1. The van der Waals surface area contributed by atoms with Crippen LogP contribution in [0.15, 0.2) is 96.7 Å². The maximum Gasteiger partial charge on any atom is 0.263 e. The molecule has 0 aromatic heterocycles. The van der Waals surface area contributed by atoms with Crippen molar-refractivity contribution in [3.8, 4) is 11.8 Å². The normalized spacial score (nSPS) is 11.8. The van der Waals surface area contributed by atoms with Crippen LogP contribution in [0.1, 0.15) is 29.7 Å². The van der Waals surface area contributed by atoms with Gasteiger partial charge in [0.25, 0.3) is 5.91 Å². The summed E-state index contributed by atoms with van der Waals surface area (Å²) in [6.07, 6.45) is 1.65. The molecular weight excluding hydrogens is 398 g/mol. The van der Waals surface area contributed by atoms with E-state index in [1.165, 1.54) is 0 Å². The summed E-state index contributed by atoms with van der Waals surface area (Å²) >= 11 is 0. The zero-order chi connectivity index (χ0) is 22.8. The maximum absolute atomic E-state index is 12.9. The van der Waals surface area contributed by atoms with E-state index >= 15 is 0 Å². The Labute approximate surface area is 189 Å². The molecule has 5 heteroatoms. The van der Waals surface area contributed by atoms with Crippen molar-refractivity contribution in [3.05, 3.63) is 113 Å². The van der Waals surface area contributed by atoms with Crippen LogP contribution in [-0.4, -0.2) is 17.9 Å². The predicted molar refractivity (Wildman–Crippen MR) is 125 cm³/mol. The molecule has 162 valence electrons. The van der Waals surface area contributed by atoms with Crippen molar-refractivity contribution < 1.29 is 9.53 Å². The van der Waals surface area contributed by atoms with Gasteiger partial charge in [0, 0.05) is 19.3 Å². The van der Waals surface area contributed by atoms with Gasteiger partial charge >= 0.3 is 0 Å². The van der Waals surface area contributed by atoms with Crippen LogP contribution in [0.4, 0.5) is 0 Å². The molecule has 3 aromatic carbocycles. The fourth-order valence-electron chi connectivity index (χ4n) is 3.35. The van der Waals surface area contributed by atoms with Crippen molar-refractivity contribution in [1.82, 2.24) is 10.2 Å². The number of benzene rings is 3. The van der Waals surface area contributed by atoms with Crippen molar-refractivity contribution in [2.24, 2.45) is 0 Å². The van der Waals surface area contributed by atoms with Crippen molar-refractivity contribution in [2.75, 3.05) is 7.11 Å². The van der Waals surface area contributed by atoms with Crippen LogP contribution in [0.5, 0.6) is 5.75 Å². The minimum Gasteiger partial charge on any atom is -0.497 e. The van der Waals surface area contributed by atoms with Gasteiger partial charge < -0.3 is 15.0 Å². The molecule has 5 nitrogen and oxygen atoms in total. The van der Waals surface area contributed by atoms with E-state index < -0.39 is 5.91 Å². The van der Waals surface area contributed by atoms with Gasteiger partial charge in [-0.15, -0.1) is 0 Å². The number of ether oxygens (including phenoxy) is 1. The molecule has 0 spiro atoms. The lowest BCUT2D eigenvalue weighted by Gasteiger charge is -2.22. The molecule has 1 amide bonds. The van der Waals surface area contributed by atoms with Crippen LogP contribution in [0.2, 0.25) is 0 Å². The maximum atomic E-state index is 12.9. The van der Waals surface area contributed by atoms with Gasteiger partial charge in [0.05, 0.1) is 13.2 Å². The van der Waals surface area contributed by atoms with Crippen LogP contribution < -0.4 is 10.1 Å². The molecule has 3 rings (SSSR count). The summed E-state index contributed by atoms with van der Waals surface area (Å²) in [5.74, 6) is 0.351. The van der Waals surface area contributed by atoms with Crippen LogP contribution in [0.25, 0.3) is 0 Å². The molecule has 0 aliphatic carbocycles. The van der Waals surface area contributed by atoms with Crippen molar-refractivity contribution >= 4 is 5.91 Å². The Bertz CT molecular complexity index is 1030. The largest absolute Gasteiger partial charge is 0.497 e. The van der Waals surface area contributed by atoms with Gasteiger partial charge in [0.15, 0.2) is 0 Å². The first-order chi connectivity index (χ1) is 15.6. The number of rotatable bonds is 9. The first kappa shape index (κ1) is 22.6. The lowest BCUT2D eigenvalue weighted by Crippen LogP contribution is -2.29. The first-order valence-corrected chi connectivity index (χ1v) is 10.5. The fourth-order valence-corrected chi connectivity index (χ4v) is 3.35. The average Bonchev–Trinajstić information content (AvgIpc) is 2.83. The highest BCUT2D eigenvalue weighted by Crippen LogP contribution is 2.18. The molecule has 0 radical (unpaired) electrons. The number of hydrogen-bond acceptors (Lipinski definition) is 4. The molecule has 1 atom stereocenters. The summed E-state index contributed by atoms with van der Waals surface area (Å²) in [7, 11) is 1.61. The summed E-state index contributed by atoms with van der Waals surface area (Å²) in [4.78, 5) is 14.9. The predicted octanol–water partition coefficient (Wildman–Crippen LogP) is 4.98. The SMILES string of the molecule is COc1ccc(C(C)NC(=O)/C(C#N)=C\N(Cc2ccccc2)Cc2ccccc2)cc1. The van der Waals surface area contributed by atoms with Crippen LogP contribution in [0.3, 0.4) is 0 Å². The van der Waals surface area contributed by atoms with E-state index in [1.54, 1.807) is 13.3 Å². The fraction of sp³-hybridized carbons (Fsp3) is 0.185. The zero-order valence-corrected chi connectivity index (χ0v) is 18.4. The van der Waals surface area contributed by atoms with E-state index in [4.69, 9.17) is 4.74 Å². The number of carbonyl (C=O) groups is 1. The van der Waals surface area contributed by atoms with Gasteiger partial charge in [-0.25, -0.2) is 0 Å². The average molecular weight is 426 g/mol. The monoisotopic (exact) mass is 425 g/mol. The first-order valence-electron chi connectivity index (χ1n) is 10.5. The number of carbonyl (C=O) groups excluding carboxylic acids is 1. The van der Waals surface area contributed by atoms with Gasteiger partial charge in [-0.05, 0) is 35.7 Å². The Morgan fingerprint density at radius 3 is 1.97 bits per heavy atom. The lowest BCUT2D eigenvalue weighted by molar-refractivity contribution is -0.117. The Hall–Kier alpha value is -4.04. The van der Waals surface area contributed by atoms with Crippen LogP contribution in [-0.2, 0) is 17.9 Å². The topological polar surface area (TPSA) is 65.4 Å². The Kier molecular flexibility index (Phi) is 8.05. The van der Waals surface area contributed by atoms with Gasteiger partial charge in [0.2, 0.25) is 0 Å². The number of amides is 1. The summed E-state index contributed by atoms with van der Waals surface area (Å²) in [6.45, 7) is 3.06. The van der Waals surface area contributed by atoms with Crippen LogP contribution >= 0.6 is 0 Å². The molecule has 0 heterocycles. The summed E-state index contributed by atoms with van der Waals surface area (Å²) in [5, 5.41) is 12.6. The smallest absolute Gasteiger partial charge is 0.263 e. The third-order valence-corrected chi connectivity index (χ3v) is 5.10. The third kappa shape index (κ3) is 6.48. The zero-order valence-electron chi connectivity index (χ0n) is 18.4. The minimum absolute atomic E-state index is 0.0669. The molecule has 1 unspecified atom stereocenters. The third-order valence-electron chi connectivity index (χ3n) is 5.10. The Morgan fingerprint density at radius 1 is 0.969 bits per heavy atom. The number of hydrogen-bond donors (Lipinski definition) is 1. The molecule has 1 N–H and O–H groups in total. The summed E-state index contributed by atoms with van der Waals surface area (Å²) in [5.41, 5.74) is 3.20. The molecule has 3 aromatic rings. The van der Waals surface area contributed by atoms with Crippen molar-refractivity contribution in [3.63, 3.8) is 0 Å². The molecule has 0 saturated heterocycles. The highest BCUT2D eigenvalue weighted by atomic mass is 16.5. The molecular formula is C27H27N3O2. The number of methoxy groups -OCH3 is 1. The van der Waals surface area contributed by atoms with Gasteiger partial charge in [-0.3, -0.25) is 4.79 Å².